The molecule has 1 aromatic heterocycles. The van der Waals surface area contributed by atoms with Gasteiger partial charge in [-0.3, -0.25) is 4.79 Å². The number of nitrogens with two attached hydrogens (primary N) is 1. The molecular weight excluding hydrogens is 231 g/mol. The van der Waals surface area contributed by atoms with Crippen molar-refractivity contribution in [3.63, 3.8) is 0 Å². The summed E-state index contributed by atoms with van der Waals surface area (Å²) in [5.74, 6) is -0.863. The van der Waals surface area contributed by atoms with Crippen LogP contribution in [0.1, 0.15) is 15.4 Å². The van der Waals surface area contributed by atoms with Gasteiger partial charge in [0, 0.05) is 4.88 Å². The van der Waals surface area contributed by atoms with Crippen molar-refractivity contribution in [2.75, 3.05) is 12.3 Å². The Morgan fingerprint density at radius 1 is 1.60 bits per heavy atom. The molecule has 1 heterocycles. The van der Waals surface area contributed by atoms with Crippen LogP contribution in [0.4, 0.5) is 18.3 Å². The summed E-state index contributed by atoms with van der Waals surface area (Å²) in [6.07, 6.45) is -4.43. The van der Waals surface area contributed by atoms with Crippen molar-refractivity contribution in [3.8, 4) is 0 Å². The van der Waals surface area contributed by atoms with E-state index < -0.39 is 18.6 Å². The second-order valence-corrected chi connectivity index (χ2v) is 3.99. The maximum absolute atomic E-state index is 11.8. The Morgan fingerprint density at radius 3 is 2.60 bits per heavy atom. The van der Waals surface area contributed by atoms with Gasteiger partial charge in [-0.25, -0.2) is 4.98 Å². The van der Waals surface area contributed by atoms with Crippen molar-refractivity contribution < 1.29 is 18.0 Å². The van der Waals surface area contributed by atoms with E-state index in [1.807, 2.05) is 0 Å². The fourth-order valence-electron chi connectivity index (χ4n) is 0.892. The number of nitrogen functional groups attached to an aromatic ring is 1. The highest BCUT2D eigenvalue weighted by Crippen LogP contribution is 2.19. The Balaban J connectivity index is 2.66. The number of thiazole rings is 1. The third-order valence-corrected chi connectivity index (χ3v) is 2.28. The number of nitrogens with zero attached hydrogens (tertiary/aromatic N) is 1. The molecule has 0 spiro atoms. The Bertz CT molecular complexity index is 374. The lowest BCUT2D eigenvalue weighted by Crippen LogP contribution is -2.34. The monoisotopic (exact) mass is 239 g/mol. The summed E-state index contributed by atoms with van der Waals surface area (Å²) in [4.78, 5) is 15.3. The first-order valence-corrected chi connectivity index (χ1v) is 4.69. The fourth-order valence-corrected chi connectivity index (χ4v) is 1.58. The minimum Gasteiger partial charge on any atom is -0.375 e. The minimum atomic E-state index is -4.43. The van der Waals surface area contributed by atoms with E-state index in [1.54, 1.807) is 12.2 Å². The summed E-state index contributed by atoms with van der Waals surface area (Å²) in [5, 5.41) is 1.87. The zero-order chi connectivity index (χ0) is 11.6. The Hall–Kier alpha value is -1.31. The third-order valence-electron chi connectivity index (χ3n) is 1.48. The van der Waals surface area contributed by atoms with E-state index >= 15 is 0 Å². The maximum atomic E-state index is 11.8. The van der Waals surface area contributed by atoms with Crippen LogP contribution in [-0.4, -0.2) is 23.6 Å². The summed E-state index contributed by atoms with van der Waals surface area (Å²) in [6, 6.07) is 0. The van der Waals surface area contributed by atoms with E-state index in [0.29, 0.717) is 4.88 Å². The van der Waals surface area contributed by atoms with Crippen molar-refractivity contribution in [1.82, 2.24) is 10.3 Å². The molecule has 1 amide bonds. The molecule has 0 fully saturated rings. The number of anilines is 1. The molecule has 8 heteroatoms. The molecule has 3 N–H and O–H groups in total. The van der Waals surface area contributed by atoms with Crippen LogP contribution in [-0.2, 0) is 0 Å². The topological polar surface area (TPSA) is 68.0 Å². The lowest BCUT2D eigenvalue weighted by Gasteiger charge is -2.06. The molecule has 0 radical (unpaired) electrons. The highest BCUT2D eigenvalue weighted by atomic mass is 32.1. The third kappa shape index (κ3) is 3.39. The Morgan fingerprint density at radius 2 is 2.20 bits per heavy atom. The number of aryl methyl sites for hydroxylation is 1. The number of hydrogen-bond acceptors (Lipinski definition) is 4. The zero-order valence-corrected chi connectivity index (χ0v) is 8.50. The number of carbonyl (C=O) groups excluding carboxylic acids is 1. The van der Waals surface area contributed by atoms with Crippen molar-refractivity contribution in [2.45, 2.75) is 13.1 Å². The number of halogens is 3. The van der Waals surface area contributed by atoms with Crippen LogP contribution in [0.15, 0.2) is 0 Å². The van der Waals surface area contributed by atoms with E-state index in [4.69, 9.17) is 5.73 Å². The summed E-state index contributed by atoms with van der Waals surface area (Å²) in [6.45, 7) is 0.194. The van der Waals surface area contributed by atoms with Gasteiger partial charge in [0.2, 0.25) is 0 Å². The summed E-state index contributed by atoms with van der Waals surface area (Å²) >= 11 is 1.06. The van der Waals surface area contributed by atoms with E-state index in [2.05, 4.69) is 4.98 Å². The van der Waals surface area contributed by atoms with Gasteiger partial charge >= 0.3 is 6.18 Å². The molecule has 0 unspecified atom stereocenters. The molecule has 4 nitrogen and oxygen atoms in total. The van der Waals surface area contributed by atoms with Crippen LogP contribution in [0.25, 0.3) is 0 Å². The lowest BCUT2D eigenvalue weighted by molar-refractivity contribution is -0.123. The van der Waals surface area contributed by atoms with Crippen molar-refractivity contribution in [2.24, 2.45) is 0 Å². The van der Waals surface area contributed by atoms with E-state index in [0.717, 1.165) is 11.3 Å². The van der Waals surface area contributed by atoms with Gasteiger partial charge in [-0.1, -0.05) is 0 Å². The van der Waals surface area contributed by atoms with E-state index in [-0.39, 0.29) is 10.8 Å². The first-order chi connectivity index (χ1) is 6.79. The van der Waals surface area contributed by atoms with Gasteiger partial charge in [0.05, 0.1) is 0 Å². The number of nitrogens with one attached hydrogen (secondary N) is 1. The molecule has 0 saturated heterocycles. The predicted molar refractivity (Wildman–Crippen MR) is 49.7 cm³/mol. The number of hydrogen-bond donors (Lipinski definition) is 2. The van der Waals surface area contributed by atoms with Gasteiger partial charge in [0.25, 0.3) is 5.91 Å². The highest BCUT2D eigenvalue weighted by Gasteiger charge is 2.28. The van der Waals surface area contributed by atoms with Crippen molar-refractivity contribution in [3.05, 3.63) is 10.6 Å². The zero-order valence-electron chi connectivity index (χ0n) is 7.68. The van der Waals surface area contributed by atoms with Crippen LogP contribution >= 0.6 is 11.3 Å². The number of rotatable bonds is 2. The van der Waals surface area contributed by atoms with Gasteiger partial charge in [-0.2, -0.15) is 13.2 Å². The highest BCUT2D eigenvalue weighted by molar-refractivity contribution is 7.15. The maximum Gasteiger partial charge on any atom is 0.405 e. The van der Waals surface area contributed by atoms with Crippen LogP contribution in [0.3, 0.4) is 0 Å². The molecule has 1 aromatic rings. The van der Waals surface area contributed by atoms with Crippen LogP contribution in [0, 0.1) is 6.92 Å². The second kappa shape index (κ2) is 4.05. The van der Waals surface area contributed by atoms with Gasteiger partial charge in [0.1, 0.15) is 12.2 Å². The van der Waals surface area contributed by atoms with Crippen molar-refractivity contribution in [1.29, 1.82) is 0 Å². The smallest absolute Gasteiger partial charge is 0.375 e. The second-order valence-electron chi connectivity index (χ2n) is 2.75. The van der Waals surface area contributed by atoms with E-state index in [1.165, 1.54) is 0 Å². The number of aromatic nitrogens is 1. The fraction of sp³-hybridized carbons (Fsp3) is 0.429. The SMILES string of the molecule is Cc1sc(N)nc1C(=O)NCC(F)(F)F. The first-order valence-electron chi connectivity index (χ1n) is 3.87. The number of carbonyl (C=O) groups is 1. The van der Waals surface area contributed by atoms with Crippen LogP contribution in [0.2, 0.25) is 0 Å². The molecular formula is C7H8F3N3OS. The molecule has 0 aliphatic heterocycles. The standard InChI is InChI=1S/C7H8F3N3OS/c1-3-4(13-6(11)15-3)5(14)12-2-7(8,9)10/h2H2,1H3,(H2,11,13)(H,12,14). The molecule has 0 saturated carbocycles. The molecule has 0 bridgehead atoms. The van der Waals surface area contributed by atoms with Crippen LogP contribution in [0.5, 0.6) is 0 Å². The lowest BCUT2D eigenvalue weighted by atomic mass is 10.3. The molecule has 15 heavy (non-hydrogen) atoms. The Labute approximate surface area is 87.3 Å². The molecule has 1 rings (SSSR count). The van der Waals surface area contributed by atoms with Crippen LogP contribution < -0.4 is 11.1 Å². The molecule has 84 valence electrons. The van der Waals surface area contributed by atoms with Gasteiger partial charge in [-0.05, 0) is 6.92 Å². The average molecular weight is 239 g/mol. The first kappa shape index (κ1) is 11.8. The quantitative estimate of drug-likeness (QED) is 0.818. The molecule has 0 aliphatic rings. The Kier molecular flexibility index (Phi) is 3.18. The largest absolute Gasteiger partial charge is 0.405 e. The predicted octanol–water partition coefficient (Wildman–Crippen LogP) is 1.33. The molecule has 0 atom stereocenters. The summed E-state index contributed by atoms with van der Waals surface area (Å²) in [7, 11) is 0. The summed E-state index contributed by atoms with van der Waals surface area (Å²) < 4.78 is 35.3. The normalized spacial score (nSPS) is 11.5. The average Bonchev–Trinajstić information content (AvgIpc) is 2.40. The molecule has 0 aromatic carbocycles. The number of alkyl halides is 3. The van der Waals surface area contributed by atoms with Gasteiger partial charge < -0.3 is 11.1 Å². The minimum absolute atomic E-state index is 0.0539. The number of amides is 1. The summed E-state index contributed by atoms with van der Waals surface area (Å²) in [5.41, 5.74) is 5.25. The van der Waals surface area contributed by atoms with Gasteiger partial charge in [-0.15, -0.1) is 11.3 Å². The van der Waals surface area contributed by atoms with E-state index in [9.17, 15) is 18.0 Å². The van der Waals surface area contributed by atoms with Crippen molar-refractivity contribution >= 4 is 22.4 Å². The van der Waals surface area contributed by atoms with Gasteiger partial charge in [0.15, 0.2) is 5.13 Å². The molecule has 0 aliphatic carbocycles.